The number of aliphatic hydroxyl groups is 1. The summed E-state index contributed by atoms with van der Waals surface area (Å²) >= 11 is 0. The van der Waals surface area contributed by atoms with Gasteiger partial charge in [0.2, 0.25) is 0 Å². The average molecular weight is 295 g/mol. The Morgan fingerprint density at radius 1 is 1.14 bits per heavy atom. The van der Waals surface area contributed by atoms with Crippen LogP contribution in [0, 0.1) is 0 Å². The smallest absolute Gasteiger partial charge is 0.345 e. The highest BCUT2D eigenvalue weighted by molar-refractivity contribution is 5.94. The number of nitrogens with zero attached hydrogens (tertiary/aromatic N) is 2. The maximum Gasteiger partial charge on any atom is 0.345 e. The molecule has 3 rings (SSSR count). The summed E-state index contributed by atoms with van der Waals surface area (Å²) in [5.41, 5.74) is 0.542. The number of hydrogen-bond donors (Lipinski definition) is 2. The van der Waals surface area contributed by atoms with Gasteiger partial charge in [0.1, 0.15) is 0 Å². The van der Waals surface area contributed by atoms with Gasteiger partial charge in [-0.15, -0.1) is 0 Å². The molecule has 2 aromatic rings. The lowest BCUT2D eigenvalue weighted by Crippen LogP contribution is -2.45. The zero-order chi connectivity index (χ0) is 15.6. The van der Waals surface area contributed by atoms with Crippen LogP contribution in [-0.4, -0.2) is 21.9 Å². The van der Waals surface area contributed by atoms with Crippen LogP contribution in [0.15, 0.2) is 65.8 Å². The van der Waals surface area contributed by atoms with Crippen LogP contribution in [0.2, 0.25) is 0 Å². The molecule has 112 valence electrons. The molecule has 0 aromatic heterocycles. The zero-order valence-corrected chi connectivity index (χ0v) is 12.2. The molecule has 2 aromatic carbocycles. The van der Waals surface area contributed by atoms with Gasteiger partial charge in [-0.25, -0.2) is 4.79 Å². The van der Waals surface area contributed by atoms with E-state index in [0.717, 1.165) is 5.01 Å². The molecule has 0 spiro atoms. The minimum atomic E-state index is -1.45. The van der Waals surface area contributed by atoms with Crippen molar-refractivity contribution >= 4 is 17.4 Å². The molecule has 0 saturated heterocycles. The first-order valence-corrected chi connectivity index (χ1v) is 7.08. The molecule has 0 unspecified atom stereocenters. The fourth-order valence-electron chi connectivity index (χ4n) is 2.56. The van der Waals surface area contributed by atoms with Crippen LogP contribution in [0.4, 0.5) is 10.5 Å². The van der Waals surface area contributed by atoms with E-state index in [0.29, 0.717) is 23.4 Å². The van der Waals surface area contributed by atoms with Crippen molar-refractivity contribution in [3.8, 4) is 0 Å². The Bertz CT molecular complexity index is 700. The highest BCUT2D eigenvalue weighted by Crippen LogP contribution is 2.35. The van der Waals surface area contributed by atoms with Gasteiger partial charge in [-0.3, -0.25) is 0 Å². The van der Waals surface area contributed by atoms with E-state index in [1.54, 1.807) is 31.2 Å². The summed E-state index contributed by atoms with van der Waals surface area (Å²) in [5, 5.41) is 19.1. The second-order valence-electron chi connectivity index (χ2n) is 5.30. The predicted octanol–water partition coefficient (Wildman–Crippen LogP) is 3.15. The second-order valence-corrected chi connectivity index (χ2v) is 5.30. The van der Waals surface area contributed by atoms with Crippen LogP contribution in [0.5, 0.6) is 0 Å². The highest BCUT2D eigenvalue weighted by Gasteiger charge is 2.44. The number of carbonyl (C=O) groups excluding carboxylic acids is 1. The van der Waals surface area contributed by atoms with E-state index in [1.807, 2.05) is 36.4 Å². The first kappa shape index (κ1) is 14.3. The molecule has 5 nitrogen and oxygen atoms in total. The topological polar surface area (TPSA) is 64.9 Å². The Kier molecular flexibility index (Phi) is 3.65. The number of hydrazone groups is 1. The molecule has 5 heteroatoms. The van der Waals surface area contributed by atoms with Gasteiger partial charge >= 0.3 is 6.03 Å². The lowest BCUT2D eigenvalue weighted by Gasteiger charge is -2.31. The number of carbonyl (C=O) groups is 1. The van der Waals surface area contributed by atoms with Gasteiger partial charge in [0, 0.05) is 23.4 Å². The number of rotatable bonds is 2. The van der Waals surface area contributed by atoms with Crippen LogP contribution in [-0.2, 0) is 5.72 Å². The molecule has 0 radical (unpaired) electrons. The normalized spacial score (nSPS) is 20.6. The molecule has 0 aliphatic carbocycles. The van der Waals surface area contributed by atoms with Gasteiger partial charge in [-0.05, 0) is 19.1 Å². The molecule has 2 N–H and O–H groups in total. The molecule has 22 heavy (non-hydrogen) atoms. The van der Waals surface area contributed by atoms with Crippen LogP contribution < -0.4 is 5.32 Å². The van der Waals surface area contributed by atoms with E-state index in [-0.39, 0.29) is 0 Å². The van der Waals surface area contributed by atoms with Crippen LogP contribution in [0.3, 0.4) is 0 Å². The van der Waals surface area contributed by atoms with E-state index >= 15 is 0 Å². The standard InChI is InChI=1S/C17H17N3O2/c1-13-12-17(22,14-8-4-2-5-9-14)20(19-13)16(21)18-15-10-6-3-7-11-15/h2-11,22H,12H2,1H3,(H,18,21)/t17-/m0/s1. The largest absolute Gasteiger partial charge is 0.365 e. The number of para-hydroxylation sites is 1. The molecule has 1 atom stereocenters. The van der Waals surface area contributed by atoms with Crippen molar-refractivity contribution in [3.63, 3.8) is 0 Å². The van der Waals surface area contributed by atoms with Crippen molar-refractivity contribution in [2.75, 3.05) is 5.32 Å². The van der Waals surface area contributed by atoms with E-state index in [4.69, 9.17) is 0 Å². The van der Waals surface area contributed by atoms with Gasteiger partial charge in [-0.1, -0.05) is 48.5 Å². The Labute approximate surface area is 128 Å². The van der Waals surface area contributed by atoms with Crippen molar-refractivity contribution in [2.24, 2.45) is 5.10 Å². The van der Waals surface area contributed by atoms with Crippen molar-refractivity contribution in [1.29, 1.82) is 0 Å². The summed E-state index contributed by atoms with van der Waals surface area (Å²) < 4.78 is 0. The Morgan fingerprint density at radius 2 is 1.73 bits per heavy atom. The first-order chi connectivity index (χ1) is 10.6. The van der Waals surface area contributed by atoms with Crippen LogP contribution >= 0.6 is 0 Å². The minimum absolute atomic E-state index is 0.291. The van der Waals surface area contributed by atoms with Crippen molar-refractivity contribution in [3.05, 3.63) is 66.2 Å². The van der Waals surface area contributed by atoms with Gasteiger partial charge in [-0.2, -0.15) is 10.1 Å². The molecule has 1 aliphatic heterocycles. The summed E-state index contributed by atoms with van der Waals surface area (Å²) in [4.78, 5) is 12.5. The van der Waals surface area contributed by atoms with E-state index < -0.39 is 11.8 Å². The van der Waals surface area contributed by atoms with E-state index in [9.17, 15) is 9.90 Å². The molecule has 0 saturated carbocycles. The lowest BCUT2D eigenvalue weighted by molar-refractivity contribution is -0.0671. The summed E-state index contributed by atoms with van der Waals surface area (Å²) in [6, 6.07) is 17.7. The number of hydrogen-bond acceptors (Lipinski definition) is 3. The van der Waals surface area contributed by atoms with Gasteiger partial charge in [0.25, 0.3) is 0 Å². The van der Waals surface area contributed by atoms with Crippen LogP contribution in [0.1, 0.15) is 18.9 Å². The summed E-state index contributed by atoms with van der Waals surface area (Å²) in [6.07, 6.45) is 0.291. The number of urea groups is 1. The quantitative estimate of drug-likeness (QED) is 0.894. The maximum atomic E-state index is 12.5. The molecule has 2 amide bonds. The first-order valence-electron chi connectivity index (χ1n) is 7.08. The average Bonchev–Trinajstić information content (AvgIpc) is 2.85. The minimum Gasteiger partial charge on any atom is -0.365 e. The third-order valence-electron chi connectivity index (χ3n) is 3.58. The number of amides is 2. The predicted molar refractivity (Wildman–Crippen MR) is 85.4 cm³/mol. The van der Waals surface area contributed by atoms with Crippen molar-refractivity contribution < 1.29 is 9.90 Å². The number of benzene rings is 2. The number of nitrogens with one attached hydrogen (secondary N) is 1. The van der Waals surface area contributed by atoms with Gasteiger partial charge < -0.3 is 10.4 Å². The SMILES string of the molecule is CC1=NN(C(=O)Nc2ccccc2)[C@@](O)(c2ccccc2)C1. The van der Waals surface area contributed by atoms with Crippen molar-refractivity contribution in [1.82, 2.24) is 5.01 Å². The van der Waals surface area contributed by atoms with Gasteiger partial charge in [0.15, 0.2) is 5.72 Å². The molecular formula is C17H17N3O2. The fraction of sp³-hybridized carbons (Fsp3) is 0.176. The van der Waals surface area contributed by atoms with Gasteiger partial charge in [0.05, 0.1) is 0 Å². The molecule has 1 aliphatic rings. The molecule has 0 bridgehead atoms. The summed E-state index contributed by atoms with van der Waals surface area (Å²) in [7, 11) is 0. The number of anilines is 1. The van der Waals surface area contributed by atoms with Crippen LogP contribution in [0.25, 0.3) is 0 Å². The Hall–Kier alpha value is -2.66. The Balaban J connectivity index is 1.88. The third-order valence-corrected chi connectivity index (χ3v) is 3.58. The summed E-state index contributed by atoms with van der Waals surface area (Å²) in [6.45, 7) is 1.80. The zero-order valence-electron chi connectivity index (χ0n) is 12.2. The summed E-state index contributed by atoms with van der Waals surface area (Å²) in [5.74, 6) is 0. The second kappa shape index (κ2) is 5.61. The molecule has 1 heterocycles. The molecular weight excluding hydrogens is 278 g/mol. The maximum absolute atomic E-state index is 12.5. The third kappa shape index (κ3) is 2.58. The lowest BCUT2D eigenvalue weighted by atomic mass is 9.98. The highest BCUT2D eigenvalue weighted by atomic mass is 16.3. The van der Waals surface area contributed by atoms with Crippen molar-refractivity contribution in [2.45, 2.75) is 19.1 Å². The molecule has 0 fully saturated rings. The monoisotopic (exact) mass is 295 g/mol. The van der Waals surface area contributed by atoms with E-state index in [1.165, 1.54) is 0 Å². The fourth-order valence-corrected chi connectivity index (χ4v) is 2.56. The van der Waals surface area contributed by atoms with E-state index in [2.05, 4.69) is 10.4 Å². The Morgan fingerprint density at radius 3 is 2.36 bits per heavy atom.